The number of hydrogen-bond acceptors (Lipinski definition) is 5. The molecule has 28 heavy (non-hydrogen) atoms. The van der Waals surface area contributed by atoms with Gasteiger partial charge in [0.1, 0.15) is 5.82 Å². The minimum atomic E-state index is -0.325. The van der Waals surface area contributed by atoms with Crippen LogP contribution in [-0.2, 0) is 4.79 Å². The number of carbonyl (C=O) groups excluding carboxylic acids is 1. The molecule has 0 unspecified atom stereocenters. The summed E-state index contributed by atoms with van der Waals surface area (Å²) in [5.74, 6) is 0.981. The fraction of sp³-hybridized carbons (Fsp3) is 0.200. The molecule has 3 aromatic rings. The van der Waals surface area contributed by atoms with Crippen LogP contribution in [0.1, 0.15) is 6.42 Å². The minimum Gasteiger partial charge on any atom is -0.490 e. The number of aromatic nitrogens is 2. The first kappa shape index (κ1) is 18.4. The molecule has 0 aliphatic carbocycles. The molecule has 0 saturated heterocycles. The number of anilines is 1. The van der Waals surface area contributed by atoms with Gasteiger partial charge in [-0.2, -0.15) is 0 Å². The third kappa shape index (κ3) is 4.28. The first-order valence-corrected chi connectivity index (χ1v) is 9.79. The summed E-state index contributed by atoms with van der Waals surface area (Å²) in [6, 6.07) is 11.6. The molecule has 4 rings (SSSR count). The normalized spacial score (nSPS) is 13.0. The number of benzene rings is 2. The predicted molar refractivity (Wildman–Crippen MR) is 105 cm³/mol. The Hall–Kier alpha value is -3.00. The molecule has 0 bridgehead atoms. The third-order valence-corrected chi connectivity index (χ3v) is 5.02. The molecule has 1 N–H and O–H groups in total. The molecule has 6 nitrogen and oxygen atoms in total. The van der Waals surface area contributed by atoms with Crippen molar-refractivity contribution in [3.63, 3.8) is 0 Å². The average Bonchev–Trinajstić information content (AvgIpc) is 3.04. The molecule has 0 fully saturated rings. The summed E-state index contributed by atoms with van der Waals surface area (Å²) in [5, 5.41) is 3.46. The van der Waals surface area contributed by atoms with Gasteiger partial charge in [0.2, 0.25) is 5.91 Å². The zero-order chi connectivity index (χ0) is 19.3. The minimum absolute atomic E-state index is 0.167. The maximum Gasteiger partial charge on any atom is 0.234 e. The summed E-state index contributed by atoms with van der Waals surface area (Å²) in [5.41, 5.74) is 1.30. The maximum atomic E-state index is 13.5. The van der Waals surface area contributed by atoms with E-state index in [1.807, 2.05) is 0 Å². The predicted octanol–water partition coefficient (Wildman–Crippen LogP) is 3.90. The molecular weight excluding hydrogens is 381 g/mol. The van der Waals surface area contributed by atoms with E-state index < -0.39 is 0 Å². The second kappa shape index (κ2) is 8.35. The molecule has 0 spiro atoms. The maximum absolute atomic E-state index is 13.5. The number of fused-ring (bicyclic) bond motifs is 1. The zero-order valence-electron chi connectivity index (χ0n) is 14.9. The van der Waals surface area contributed by atoms with E-state index in [-0.39, 0.29) is 17.5 Å². The summed E-state index contributed by atoms with van der Waals surface area (Å²) in [4.78, 5) is 16.6. The average molecular weight is 399 g/mol. The van der Waals surface area contributed by atoms with Gasteiger partial charge >= 0.3 is 0 Å². The van der Waals surface area contributed by atoms with Gasteiger partial charge in [-0.15, -0.1) is 0 Å². The highest BCUT2D eigenvalue weighted by Crippen LogP contribution is 2.32. The third-order valence-electron chi connectivity index (χ3n) is 4.06. The van der Waals surface area contributed by atoms with E-state index in [9.17, 15) is 9.18 Å². The number of carbonyl (C=O) groups is 1. The van der Waals surface area contributed by atoms with Gasteiger partial charge in [0.25, 0.3) is 0 Å². The number of rotatable bonds is 5. The summed E-state index contributed by atoms with van der Waals surface area (Å²) in [6.45, 7) is 1.20. The lowest BCUT2D eigenvalue weighted by Gasteiger charge is -2.11. The number of thioether (sulfide) groups is 1. The Labute approximate surface area is 165 Å². The highest BCUT2D eigenvalue weighted by Gasteiger charge is 2.13. The van der Waals surface area contributed by atoms with Crippen molar-refractivity contribution in [1.29, 1.82) is 0 Å². The van der Waals surface area contributed by atoms with Crippen LogP contribution in [0.5, 0.6) is 11.5 Å². The van der Waals surface area contributed by atoms with Crippen LogP contribution in [0, 0.1) is 5.82 Å². The van der Waals surface area contributed by atoms with E-state index in [4.69, 9.17) is 9.47 Å². The van der Waals surface area contributed by atoms with Crippen molar-refractivity contribution in [1.82, 2.24) is 9.55 Å². The van der Waals surface area contributed by atoms with Gasteiger partial charge in [-0.25, -0.2) is 9.37 Å². The highest BCUT2D eigenvalue weighted by molar-refractivity contribution is 7.99. The topological polar surface area (TPSA) is 65.4 Å². The van der Waals surface area contributed by atoms with Crippen LogP contribution in [0.15, 0.2) is 60.0 Å². The van der Waals surface area contributed by atoms with Gasteiger partial charge in [-0.3, -0.25) is 9.36 Å². The Kier molecular flexibility index (Phi) is 5.48. The van der Waals surface area contributed by atoms with E-state index in [0.717, 1.165) is 6.42 Å². The molecular formula is C20H18FN3O3S. The smallest absolute Gasteiger partial charge is 0.234 e. The van der Waals surface area contributed by atoms with Crippen LogP contribution in [-0.4, -0.2) is 34.4 Å². The van der Waals surface area contributed by atoms with Crippen LogP contribution in [0.2, 0.25) is 0 Å². The van der Waals surface area contributed by atoms with Gasteiger partial charge in [-0.1, -0.05) is 17.8 Å². The van der Waals surface area contributed by atoms with E-state index >= 15 is 0 Å². The van der Waals surface area contributed by atoms with Gasteiger partial charge in [0.05, 0.1) is 24.7 Å². The Bertz CT molecular complexity index is 992. The Morgan fingerprint density at radius 3 is 2.89 bits per heavy atom. The monoisotopic (exact) mass is 399 g/mol. The van der Waals surface area contributed by atoms with Crippen molar-refractivity contribution in [2.75, 3.05) is 24.3 Å². The standard InChI is InChI=1S/C20H18FN3O3S/c21-14-3-1-4-16(11-14)24-8-7-22-20(24)28-13-19(25)23-15-5-6-17-18(12-15)27-10-2-9-26-17/h1,3-8,11-12H,2,9-10,13H2,(H,23,25). The van der Waals surface area contributed by atoms with E-state index in [0.29, 0.717) is 41.2 Å². The number of amides is 1. The lowest BCUT2D eigenvalue weighted by Crippen LogP contribution is -2.14. The first-order chi connectivity index (χ1) is 13.7. The molecule has 1 aromatic heterocycles. The molecule has 0 atom stereocenters. The molecule has 0 radical (unpaired) electrons. The number of imidazole rings is 1. The van der Waals surface area contributed by atoms with Crippen LogP contribution in [0.3, 0.4) is 0 Å². The quantitative estimate of drug-likeness (QED) is 0.659. The van der Waals surface area contributed by atoms with Crippen molar-refractivity contribution in [3.05, 3.63) is 60.7 Å². The van der Waals surface area contributed by atoms with Crippen molar-refractivity contribution < 1.29 is 18.7 Å². The van der Waals surface area contributed by atoms with Crippen LogP contribution >= 0.6 is 11.8 Å². The summed E-state index contributed by atoms with van der Waals surface area (Å²) in [7, 11) is 0. The fourth-order valence-electron chi connectivity index (χ4n) is 2.79. The van der Waals surface area contributed by atoms with Crippen molar-refractivity contribution in [2.24, 2.45) is 0 Å². The van der Waals surface area contributed by atoms with Crippen molar-refractivity contribution >= 4 is 23.4 Å². The van der Waals surface area contributed by atoms with Crippen LogP contribution in [0.4, 0.5) is 10.1 Å². The molecule has 1 aliphatic heterocycles. The highest BCUT2D eigenvalue weighted by atomic mass is 32.2. The molecule has 2 heterocycles. The second-order valence-corrected chi connectivity index (χ2v) is 7.05. The lowest BCUT2D eigenvalue weighted by molar-refractivity contribution is -0.113. The molecule has 8 heteroatoms. The Balaban J connectivity index is 1.39. The molecule has 1 aliphatic rings. The van der Waals surface area contributed by atoms with Gasteiger partial charge in [0.15, 0.2) is 16.7 Å². The molecule has 1 amide bonds. The summed E-state index contributed by atoms with van der Waals surface area (Å²) in [6.07, 6.45) is 4.18. The van der Waals surface area contributed by atoms with E-state index in [2.05, 4.69) is 10.3 Å². The second-order valence-electron chi connectivity index (χ2n) is 6.11. The zero-order valence-corrected chi connectivity index (χ0v) is 15.7. The van der Waals surface area contributed by atoms with Crippen molar-refractivity contribution in [3.8, 4) is 17.2 Å². The molecule has 0 saturated carbocycles. The molecule has 144 valence electrons. The summed E-state index contributed by atoms with van der Waals surface area (Å²) >= 11 is 1.28. The van der Waals surface area contributed by atoms with Gasteiger partial charge < -0.3 is 14.8 Å². The largest absolute Gasteiger partial charge is 0.490 e. The number of hydrogen-bond donors (Lipinski definition) is 1. The van der Waals surface area contributed by atoms with Crippen molar-refractivity contribution in [2.45, 2.75) is 11.6 Å². The fourth-order valence-corrected chi connectivity index (χ4v) is 3.56. The van der Waals surface area contributed by atoms with Crippen LogP contribution < -0.4 is 14.8 Å². The number of ether oxygens (including phenoxy) is 2. The lowest BCUT2D eigenvalue weighted by atomic mass is 10.2. The van der Waals surface area contributed by atoms with E-state index in [1.54, 1.807) is 47.3 Å². The summed E-state index contributed by atoms with van der Waals surface area (Å²) < 4.78 is 26.4. The van der Waals surface area contributed by atoms with Gasteiger partial charge in [0, 0.05) is 30.6 Å². The Morgan fingerprint density at radius 2 is 2.04 bits per heavy atom. The number of halogens is 1. The molecule has 2 aromatic carbocycles. The van der Waals surface area contributed by atoms with E-state index in [1.165, 1.54) is 23.9 Å². The number of nitrogens with zero attached hydrogens (tertiary/aromatic N) is 2. The SMILES string of the molecule is O=C(CSc1nccn1-c1cccc(F)c1)Nc1ccc2c(c1)OCCCO2. The first-order valence-electron chi connectivity index (χ1n) is 8.81. The van der Waals surface area contributed by atoms with Crippen LogP contribution in [0.25, 0.3) is 5.69 Å². The van der Waals surface area contributed by atoms with Gasteiger partial charge in [-0.05, 0) is 30.3 Å². The number of nitrogens with one attached hydrogen (secondary N) is 1. The Morgan fingerprint density at radius 1 is 1.18 bits per heavy atom.